The van der Waals surface area contributed by atoms with E-state index in [9.17, 15) is 9.59 Å². The largest absolute Gasteiger partial charge is 0.446 e. The van der Waals surface area contributed by atoms with Crippen LogP contribution in [0.25, 0.3) is 5.57 Å². The highest BCUT2D eigenvalue weighted by atomic mass is 35.5. The molecular formula is C39H59ClN8O4. The summed E-state index contributed by atoms with van der Waals surface area (Å²) >= 11 is 6.66. The van der Waals surface area contributed by atoms with Crippen LogP contribution in [0.15, 0.2) is 60.7 Å². The van der Waals surface area contributed by atoms with E-state index >= 15 is 0 Å². The Balaban J connectivity index is 0.000000959. The number of piperazine rings is 1. The van der Waals surface area contributed by atoms with Crippen molar-refractivity contribution in [1.82, 2.24) is 30.0 Å². The van der Waals surface area contributed by atoms with Gasteiger partial charge in [-0.3, -0.25) is 9.69 Å². The SMILES string of the molecule is C/C=C1/C=C(C(NC(=O)C2(OC)CC2)c2cncn2C)c2cc(Cl)ccc2C(N2CCN(C(=O)OC(CC)CCCN)CC2)C1.C/C=C\NC.C=N. The standard InChI is InChI=1S/C34H47ClN6O4.C4H9N.CH3N/c1-5-23-18-28(31(30-21-37-22-39(30)3)38-32(42)34(44-4)11-12-34)27-20-24(35)9-10-26(27)29(19-23)40-14-16-41(17-15-40)33(43)45-25(6-2)8-7-13-36;1-3-4-5-2;1-2/h5,9-10,18,20-22,25,29,31H,6-8,11-17,19,36H2,1-4H3,(H,38,42);3-5H,1-2H3;2H,1H2/b23-5-;4-3-;. The Hall–Kier alpha value is -3.97. The van der Waals surface area contributed by atoms with E-state index in [0.717, 1.165) is 53.7 Å². The quantitative estimate of drug-likeness (QED) is 0.189. The van der Waals surface area contributed by atoms with E-state index in [2.05, 4.69) is 45.5 Å². The number of aryl methyl sites for hydroxylation is 1. The van der Waals surface area contributed by atoms with Crippen LogP contribution in [0.2, 0.25) is 5.02 Å². The van der Waals surface area contributed by atoms with Crippen molar-refractivity contribution in [3.63, 3.8) is 0 Å². The second-order valence-electron chi connectivity index (χ2n) is 13.1. The van der Waals surface area contributed by atoms with Crippen molar-refractivity contribution in [1.29, 1.82) is 5.41 Å². The minimum absolute atomic E-state index is 0.0555. The van der Waals surface area contributed by atoms with Crippen LogP contribution in [0.1, 0.15) is 88.2 Å². The molecule has 2 heterocycles. The number of nitrogens with two attached hydrogens (primary N) is 1. The van der Waals surface area contributed by atoms with Crippen molar-refractivity contribution in [2.45, 2.75) is 83.1 Å². The Morgan fingerprint density at radius 3 is 2.44 bits per heavy atom. The van der Waals surface area contributed by atoms with E-state index in [1.165, 1.54) is 0 Å². The van der Waals surface area contributed by atoms with Gasteiger partial charge < -0.3 is 40.7 Å². The highest BCUT2D eigenvalue weighted by molar-refractivity contribution is 6.30. The van der Waals surface area contributed by atoms with Crippen molar-refractivity contribution < 1.29 is 19.1 Å². The number of benzene rings is 1. The van der Waals surface area contributed by atoms with Crippen molar-refractivity contribution >= 4 is 35.9 Å². The highest BCUT2D eigenvalue weighted by Gasteiger charge is 2.51. The lowest BCUT2D eigenvalue weighted by Gasteiger charge is -2.40. The predicted octanol–water partition coefficient (Wildman–Crippen LogP) is 6.16. The maximum absolute atomic E-state index is 13.6. The first-order chi connectivity index (χ1) is 25.1. The Morgan fingerprint density at radius 2 is 1.92 bits per heavy atom. The van der Waals surface area contributed by atoms with Crippen LogP contribution in [0.3, 0.4) is 0 Å². The number of carbonyl (C=O) groups is 2. The van der Waals surface area contributed by atoms with Gasteiger partial charge in [0.05, 0.1) is 24.3 Å². The molecule has 2 aliphatic carbocycles. The molecule has 2 amide bonds. The average Bonchev–Trinajstić information content (AvgIpc) is 3.90. The molecule has 0 radical (unpaired) electrons. The van der Waals surface area contributed by atoms with Crippen LogP contribution in [0.4, 0.5) is 4.79 Å². The molecule has 12 nitrogen and oxygen atoms in total. The zero-order chi connectivity index (χ0) is 38.3. The van der Waals surface area contributed by atoms with Gasteiger partial charge in [0.2, 0.25) is 0 Å². The second-order valence-corrected chi connectivity index (χ2v) is 13.5. The molecule has 3 aliphatic rings. The Labute approximate surface area is 314 Å². The van der Waals surface area contributed by atoms with Crippen molar-refractivity contribution in [2.24, 2.45) is 12.8 Å². The molecule has 0 bridgehead atoms. The van der Waals surface area contributed by atoms with Crippen LogP contribution >= 0.6 is 11.6 Å². The minimum Gasteiger partial charge on any atom is -0.446 e. The monoisotopic (exact) mass is 738 g/mol. The lowest BCUT2D eigenvalue weighted by Crippen LogP contribution is -2.50. The van der Waals surface area contributed by atoms with E-state index < -0.39 is 11.6 Å². The molecule has 52 heavy (non-hydrogen) atoms. The number of aromatic nitrogens is 2. The summed E-state index contributed by atoms with van der Waals surface area (Å²) in [7, 11) is 5.41. The van der Waals surface area contributed by atoms with Crippen LogP contribution in [0, 0.1) is 5.41 Å². The Kier molecular flexibility index (Phi) is 17.1. The lowest BCUT2D eigenvalue weighted by molar-refractivity contribution is -0.134. The second kappa shape index (κ2) is 20.9. The van der Waals surface area contributed by atoms with Crippen LogP contribution < -0.4 is 16.4 Å². The van der Waals surface area contributed by atoms with Gasteiger partial charge in [-0.05, 0) is 101 Å². The number of hydrogen-bond acceptors (Lipinski definition) is 9. The molecule has 1 saturated heterocycles. The first-order valence-corrected chi connectivity index (χ1v) is 18.5. The fourth-order valence-corrected chi connectivity index (χ4v) is 6.83. The third-order valence-electron chi connectivity index (χ3n) is 9.87. The third-order valence-corrected chi connectivity index (χ3v) is 10.1. The van der Waals surface area contributed by atoms with Gasteiger partial charge in [0.1, 0.15) is 11.7 Å². The number of halogens is 1. The molecule has 0 spiro atoms. The fraction of sp³-hybridized carbons (Fsp3) is 0.538. The number of rotatable bonds is 12. The summed E-state index contributed by atoms with van der Waals surface area (Å²) in [6.07, 6.45) is 15.9. The molecule has 5 N–H and O–H groups in total. The number of nitrogens with one attached hydrogen (secondary N) is 3. The van der Waals surface area contributed by atoms with Gasteiger partial charge >= 0.3 is 6.09 Å². The Morgan fingerprint density at radius 1 is 1.21 bits per heavy atom. The number of ether oxygens (including phenoxy) is 2. The molecule has 1 aromatic carbocycles. The van der Waals surface area contributed by atoms with Gasteiger partial charge in [0.15, 0.2) is 0 Å². The molecular weight excluding hydrogens is 680 g/mol. The van der Waals surface area contributed by atoms with Crippen molar-refractivity contribution in [3.05, 3.63) is 82.6 Å². The lowest BCUT2D eigenvalue weighted by atomic mass is 9.90. The normalized spacial score (nSPS) is 19.8. The van der Waals surface area contributed by atoms with Crippen LogP contribution in [-0.4, -0.2) is 96.7 Å². The van der Waals surface area contributed by atoms with Gasteiger partial charge in [0.25, 0.3) is 5.91 Å². The maximum Gasteiger partial charge on any atom is 0.410 e. The topological polar surface area (TPSA) is 151 Å². The highest BCUT2D eigenvalue weighted by Crippen LogP contribution is 2.45. The maximum atomic E-state index is 13.6. The third kappa shape index (κ3) is 10.8. The number of carbonyl (C=O) groups excluding carboxylic acids is 2. The number of amides is 2. The van der Waals surface area contributed by atoms with Gasteiger partial charge in [-0.2, -0.15) is 0 Å². The van der Waals surface area contributed by atoms with Gasteiger partial charge in [-0.15, -0.1) is 0 Å². The molecule has 1 aliphatic heterocycles. The van der Waals surface area contributed by atoms with Gasteiger partial charge in [-0.25, -0.2) is 9.78 Å². The molecule has 1 saturated carbocycles. The van der Waals surface area contributed by atoms with Crippen LogP contribution in [-0.2, 0) is 21.3 Å². The zero-order valence-electron chi connectivity index (χ0n) is 31.8. The predicted molar refractivity (Wildman–Crippen MR) is 209 cm³/mol. The first-order valence-electron chi connectivity index (χ1n) is 18.2. The van der Waals surface area contributed by atoms with E-state index in [-0.39, 0.29) is 24.1 Å². The summed E-state index contributed by atoms with van der Waals surface area (Å²) in [4.78, 5) is 35.2. The van der Waals surface area contributed by atoms with E-state index in [1.807, 2.05) is 68.7 Å². The van der Waals surface area contributed by atoms with E-state index in [0.29, 0.717) is 50.6 Å². The first kappa shape index (κ1) is 42.4. The minimum atomic E-state index is -0.784. The molecule has 13 heteroatoms. The summed E-state index contributed by atoms with van der Waals surface area (Å²) in [6.45, 7) is 11.8. The number of hydrogen-bond donors (Lipinski definition) is 4. The number of fused-ring (bicyclic) bond motifs is 1. The molecule has 5 rings (SSSR count). The van der Waals surface area contributed by atoms with Crippen molar-refractivity contribution in [2.75, 3.05) is 46.9 Å². The van der Waals surface area contributed by atoms with Crippen molar-refractivity contribution in [3.8, 4) is 0 Å². The van der Waals surface area contributed by atoms with Gasteiger partial charge in [0, 0.05) is 58.4 Å². The summed E-state index contributed by atoms with van der Waals surface area (Å²) in [6, 6.07) is 5.64. The molecule has 3 atom stereocenters. The summed E-state index contributed by atoms with van der Waals surface area (Å²) in [5.41, 5.74) is 9.99. The number of nitrogens with zero attached hydrogens (tertiary/aromatic N) is 4. The van der Waals surface area contributed by atoms with Crippen LogP contribution in [0.5, 0.6) is 0 Å². The number of allylic oxidation sites excluding steroid dienone is 3. The molecule has 3 unspecified atom stereocenters. The fourth-order valence-electron chi connectivity index (χ4n) is 6.65. The molecule has 2 fully saturated rings. The smallest absolute Gasteiger partial charge is 0.410 e. The van der Waals surface area contributed by atoms with Gasteiger partial charge in [-0.1, -0.05) is 48.4 Å². The number of methoxy groups -OCH3 is 1. The summed E-state index contributed by atoms with van der Waals surface area (Å²) in [5, 5.41) is 12.3. The molecule has 1 aromatic heterocycles. The zero-order valence-corrected chi connectivity index (χ0v) is 32.5. The Bertz CT molecular complexity index is 1540. The average molecular weight is 739 g/mol. The van der Waals surface area contributed by atoms with E-state index in [4.69, 9.17) is 32.2 Å². The van der Waals surface area contributed by atoms with E-state index in [1.54, 1.807) is 19.6 Å². The summed E-state index contributed by atoms with van der Waals surface area (Å²) < 4.78 is 13.4. The molecule has 2 aromatic rings. The summed E-state index contributed by atoms with van der Waals surface area (Å²) in [5.74, 6) is -0.125. The molecule has 286 valence electrons. The number of imidazole rings is 1.